The van der Waals surface area contributed by atoms with Gasteiger partial charge in [-0.05, 0) is 19.8 Å². The molecule has 0 spiro atoms. The average Bonchev–Trinajstić information content (AvgIpc) is 2.16. The van der Waals surface area contributed by atoms with Gasteiger partial charge < -0.3 is 10.2 Å². The van der Waals surface area contributed by atoms with E-state index in [1.165, 1.54) is 0 Å². The van der Waals surface area contributed by atoms with Crippen molar-refractivity contribution in [2.45, 2.75) is 46.5 Å². The van der Waals surface area contributed by atoms with Crippen LogP contribution in [0.2, 0.25) is 0 Å². The van der Waals surface area contributed by atoms with E-state index in [0.29, 0.717) is 12.0 Å². The van der Waals surface area contributed by atoms with Crippen LogP contribution in [-0.4, -0.2) is 22.2 Å². The highest BCUT2D eigenvalue weighted by atomic mass is 16.4. The quantitative estimate of drug-likeness (QED) is 0.693. The molecule has 88 valence electrons. The second kappa shape index (κ2) is 10.8. The molecule has 0 aromatic rings. The standard InChI is InChI=1S/C6H10O2.C5H10O2/c1-3-4-5(2)6(7)8;1-2-3-4-5(6)7/h4H,3H2,1-2H3,(H,7,8);2-4H2,1H3,(H,6,7)/b5-4+;. The summed E-state index contributed by atoms with van der Waals surface area (Å²) in [6.45, 7) is 5.47. The molecule has 0 aliphatic carbocycles. The van der Waals surface area contributed by atoms with E-state index in [1.807, 2.05) is 13.8 Å². The molecule has 0 radical (unpaired) electrons. The van der Waals surface area contributed by atoms with E-state index in [9.17, 15) is 9.59 Å². The van der Waals surface area contributed by atoms with Gasteiger partial charge >= 0.3 is 11.9 Å². The molecule has 0 fully saturated rings. The highest BCUT2D eigenvalue weighted by Crippen LogP contribution is 1.92. The lowest BCUT2D eigenvalue weighted by atomic mass is 10.2. The Balaban J connectivity index is 0. The first-order valence-electron chi connectivity index (χ1n) is 5.07. The lowest BCUT2D eigenvalue weighted by molar-refractivity contribution is -0.137. The predicted molar refractivity (Wildman–Crippen MR) is 58.8 cm³/mol. The number of carboxylic acid groups (broad SMARTS) is 2. The molecule has 0 aromatic heterocycles. The van der Waals surface area contributed by atoms with Gasteiger partial charge in [-0.2, -0.15) is 0 Å². The molecule has 0 saturated carbocycles. The number of hydrogen-bond acceptors (Lipinski definition) is 2. The molecule has 0 amide bonds. The molecule has 0 aliphatic heterocycles. The minimum atomic E-state index is -0.827. The molecule has 0 atom stereocenters. The summed E-state index contributed by atoms with van der Waals surface area (Å²) >= 11 is 0. The molecule has 0 rings (SSSR count). The van der Waals surface area contributed by atoms with Gasteiger partial charge in [-0.3, -0.25) is 4.79 Å². The van der Waals surface area contributed by atoms with Crippen LogP contribution in [0.4, 0.5) is 0 Å². The summed E-state index contributed by atoms with van der Waals surface area (Å²) in [6.07, 6.45) is 4.55. The van der Waals surface area contributed by atoms with Crippen molar-refractivity contribution in [2.75, 3.05) is 0 Å². The molecule has 15 heavy (non-hydrogen) atoms. The summed E-state index contributed by atoms with van der Waals surface area (Å²) in [5.74, 6) is -1.52. The van der Waals surface area contributed by atoms with Gasteiger partial charge in [-0.1, -0.05) is 26.3 Å². The Hall–Kier alpha value is -1.32. The highest BCUT2D eigenvalue weighted by molar-refractivity contribution is 5.85. The van der Waals surface area contributed by atoms with Crippen molar-refractivity contribution in [1.29, 1.82) is 0 Å². The van der Waals surface area contributed by atoms with Crippen LogP contribution in [0.3, 0.4) is 0 Å². The minimum absolute atomic E-state index is 0.316. The molecule has 0 bridgehead atoms. The van der Waals surface area contributed by atoms with Crippen molar-refractivity contribution < 1.29 is 19.8 Å². The monoisotopic (exact) mass is 216 g/mol. The number of unbranched alkanes of at least 4 members (excludes halogenated alkanes) is 1. The number of carboxylic acids is 2. The first-order chi connectivity index (χ1) is 6.95. The third-order valence-corrected chi connectivity index (χ3v) is 1.59. The second-order valence-electron chi connectivity index (χ2n) is 3.10. The SMILES string of the molecule is CC/C=C(\C)C(=O)O.CCCCC(=O)O. The van der Waals surface area contributed by atoms with Crippen LogP contribution in [0.15, 0.2) is 11.6 Å². The van der Waals surface area contributed by atoms with E-state index >= 15 is 0 Å². The maximum Gasteiger partial charge on any atom is 0.330 e. The summed E-state index contributed by atoms with van der Waals surface area (Å²) < 4.78 is 0. The topological polar surface area (TPSA) is 74.6 Å². The lowest BCUT2D eigenvalue weighted by Gasteiger charge is -1.87. The predicted octanol–water partition coefficient (Wildman–Crippen LogP) is 2.69. The molecule has 0 unspecified atom stereocenters. The number of aliphatic carboxylic acids is 2. The Morgan fingerprint density at radius 3 is 1.87 bits per heavy atom. The van der Waals surface area contributed by atoms with Gasteiger partial charge in [-0.15, -0.1) is 0 Å². The van der Waals surface area contributed by atoms with Crippen LogP contribution < -0.4 is 0 Å². The van der Waals surface area contributed by atoms with Gasteiger partial charge in [0.05, 0.1) is 0 Å². The van der Waals surface area contributed by atoms with Crippen LogP contribution in [0.25, 0.3) is 0 Å². The zero-order valence-electron chi connectivity index (χ0n) is 9.62. The van der Waals surface area contributed by atoms with Crippen molar-refractivity contribution in [3.05, 3.63) is 11.6 Å². The first kappa shape index (κ1) is 16.1. The van der Waals surface area contributed by atoms with Gasteiger partial charge in [0.15, 0.2) is 0 Å². The molecule has 2 N–H and O–H groups in total. The van der Waals surface area contributed by atoms with Crippen LogP contribution in [0, 0.1) is 0 Å². The second-order valence-corrected chi connectivity index (χ2v) is 3.10. The van der Waals surface area contributed by atoms with Gasteiger partial charge in [0.1, 0.15) is 0 Å². The Morgan fingerprint density at radius 1 is 1.20 bits per heavy atom. The molecule has 4 heteroatoms. The smallest absolute Gasteiger partial charge is 0.330 e. The minimum Gasteiger partial charge on any atom is -0.481 e. The van der Waals surface area contributed by atoms with E-state index in [4.69, 9.17) is 10.2 Å². The Morgan fingerprint density at radius 2 is 1.73 bits per heavy atom. The van der Waals surface area contributed by atoms with Crippen molar-refractivity contribution in [1.82, 2.24) is 0 Å². The Kier molecular flexibility index (Phi) is 11.6. The van der Waals surface area contributed by atoms with Crippen molar-refractivity contribution in [3.63, 3.8) is 0 Å². The summed E-state index contributed by atoms with van der Waals surface area (Å²) in [6, 6.07) is 0. The fourth-order valence-electron chi connectivity index (χ4n) is 0.721. The van der Waals surface area contributed by atoms with Gasteiger partial charge in [0.25, 0.3) is 0 Å². The molecule has 4 nitrogen and oxygen atoms in total. The maximum atomic E-state index is 10.0. The van der Waals surface area contributed by atoms with Crippen molar-refractivity contribution in [3.8, 4) is 0 Å². The Bertz CT molecular complexity index is 219. The van der Waals surface area contributed by atoms with Gasteiger partial charge in [-0.25, -0.2) is 4.79 Å². The third kappa shape index (κ3) is 15.4. The van der Waals surface area contributed by atoms with E-state index in [-0.39, 0.29) is 0 Å². The van der Waals surface area contributed by atoms with Crippen molar-refractivity contribution in [2.24, 2.45) is 0 Å². The number of rotatable bonds is 5. The molecule has 0 saturated heterocycles. The van der Waals surface area contributed by atoms with Crippen LogP contribution in [-0.2, 0) is 9.59 Å². The molecular weight excluding hydrogens is 196 g/mol. The Labute approximate surface area is 90.6 Å². The third-order valence-electron chi connectivity index (χ3n) is 1.59. The molecule has 0 heterocycles. The number of carbonyl (C=O) groups is 2. The molecule has 0 aromatic carbocycles. The fourth-order valence-corrected chi connectivity index (χ4v) is 0.721. The largest absolute Gasteiger partial charge is 0.481 e. The van der Waals surface area contributed by atoms with E-state index in [0.717, 1.165) is 19.3 Å². The summed E-state index contributed by atoms with van der Waals surface area (Å²) in [7, 11) is 0. The zero-order chi connectivity index (χ0) is 12.3. The molecule has 0 aliphatic rings. The summed E-state index contributed by atoms with van der Waals surface area (Å²) in [5.41, 5.74) is 0.424. The lowest BCUT2D eigenvalue weighted by Crippen LogP contribution is -1.94. The van der Waals surface area contributed by atoms with Gasteiger partial charge in [0.2, 0.25) is 0 Å². The van der Waals surface area contributed by atoms with Crippen LogP contribution >= 0.6 is 0 Å². The van der Waals surface area contributed by atoms with Gasteiger partial charge in [0, 0.05) is 12.0 Å². The van der Waals surface area contributed by atoms with E-state index in [1.54, 1.807) is 13.0 Å². The maximum absolute atomic E-state index is 10.0. The summed E-state index contributed by atoms with van der Waals surface area (Å²) in [4.78, 5) is 19.8. The van der Waals surface area contributed by atoms with Crippen LogP contribution in [0.5, 0.6) is 0 Å². The van der Waals surface area contributed by atoms with E-state index < -0.39 is 11.9 Å². The zero-order valence-corrected chi connectivity index (χ0v) is 9.62. The van der Waals surface area contributed by atoms with Crippen molar-refractivity contribution >= 4 is 11.9 Å². The highest BCUT2D eigenvalue weighted by Gasteiger charge is 1.95. The summed E-state index contributed by atoms with van der Waals surface area (Å²) in [5, 5.41) is 16.3. The number of hydrogen-bond donors (Lipinski definition) is 2. The fraction of sp³-hybridized carbons (Fsp3) is 0.636. The number of allylic oxidation sites excluding steroid dienone is 1. The van der Waals surface area contributed by atoms with Crippen LogP contribution in [0.1, 0.15) is 46.5 Å². The normalized spacial score (nSPS) is 10.2. The first-order valence-corrected chi connectivity index (χ1v) is 5.07. The molecular formula is C11H20O4. The average molecular weight is 216 g/mol. The van der Waals surface area contributed by atoms with E-state index in [2.05, 4.69) is 0 Å².